The second-order valence-electron chi connectivity index (χ2n) is 4.93. The molecular formula is C16H12N4O. The predicted molar refractivity (Wildman–Crippen MR) is 81.4 cm³/mol. The number of rotatable bonds is 2. The zero-order chi connectivity index (χ0) is 14.4. The Hall–Kier alpha value is -3.08. The minimum Gasteiger partial charge on any atom is -0.366 e. The van der Waals surface area contributed by atoms with Crippen LogP contribution in [0.4, 0.5) is 0 Å². The summed E-state index contributed by atoms with van der Waals surface area (Å²) in [5.74, 6) is -0.444. The number of aromatic nitrogens is 3. The zero-order valence-electron chi connectivity index (χ0n) is 11.1. The standard InChI is InChI=1S/C16H12N4O/c17-16(21)11-1-4-15-14(8-11)19-9-20(15)12-2-3-13-10(7-12)5-6-18-13/h1-9,18H,(H2,17,21). The number of benzene rings is 2. The van der Waals surface area contributed by atoms with E-state index in [1.54, 1.807) is 18.5 Å². The van der Waals surface area contributed by atoms with Gasteiger partial charge in [0.25, 0.3) is 0 Å². The maximum absolute atomic E-state index is 11.2. The van der Waals surface area contributed by atoms with E-state index in [9.17, 15) is 4.79 Å². The molecule has 5 heteroatoms. The van der Waals surface area contributed by atoms with Gasteiger partial charge in [-0.3, -0.25) is 9.36 Å². The van der Waals surface area contributed by atoms with Crippen molar-refractivity contribution in [1.82, 2.24) is 14.5 Å². The summed E-state index contributed by atoms with van der Waals surface area (Å²) in [4.78, 5) is 18.7. The molecule has 0 aliphatic rings. The van der Waals surface area contributed by atoms with Crippen LogP contribution in [-0.4, -0.2) is 20.4 Å². The molecule has 4 rings (SSSR count). The largest absolute Gasteiger partial charge is 0.366 e. The zero-order valence-corrected chi connectivity index (χ0v) is 11.1. The highest BCUT2D eigenvalue weighted by Gasteiger charge is 2.08. The molecule has 0 fully saturated rings. The van der Waals surface area contributed by atoms with Gasteiger partial charge >= 0.3 is 0 Å². The van der Waals surface area contributed by atoms with Gasteiger partial charge < -0.3 is 10.7 Å². The summed E-state index contributed by atoms with van der Waals surface area (Å²) in [5.41, 5.74) is 9.57. The van der Waals surface area contributed by atoms with E-state index in [1.807, 2.05) is 35.0 Å². The fourth-order valence-electron chi connectivity index (χ4n) is 2.56. The highest BCUT2D eigenvalue weighted by atomic mass is 16.1. The van der Waals surface area contributed by atoms with Crippen molar-refractivity contribution in [3.05, 3.63) is 60.6 Å². The molecule has 0 atom stereocenters. The van der Waals surface area contributed by atoms with Gasteiger partial charge in [-0.15, -0.1) is 0 Å². The number of H-pyrrole nitrogens is 1. The Morgan fingerprint density at radius 3 is 2.90 bits per heavy atom. The molecule has 0 aliphatic heterocycles. The summed E-state index contributed by atoms with van der Waals surface area (Å²) in [6, 6.07) is 13.5. The first-order valence-corrected chi connectivity index (χ1v) is 6.57. The van der Waals surface area contributed by atoms with E-state index in [2.05, 4.69) is 16.0 Å². The molecule has 3 N–H and O–H groups in total. The number of fused-ring (bicyclic) bond motifs is 2. The third-order valence-electron chi connectivity index (χ3n) is 3.65. The van der Waals surface area contributed by atoms with Crippen LogP contribution >= 0.6 is 0 Å². The Labute approximate surface area is 120 Å². The molecule has 4 aromatic rings. The van der Waals surface area contributed by atoms with Gasteiger partial charge in [0, 0.05) is 28.4 Å². The highest BCUT2D eigenvalue weighted by molar-refractivity contribution is 5.96. The molecule has 0 saturated carbocycles. The number of carbonyl (C=O) groups is 1. The Balaban J connectivity index is 1.91. The fourth-order valence-corrected chi connectivity index (χ4v) is 2.56. The van der Waals surface area contributed by atoms with Crippen molar-refractivity contribution in [3.8, 4) is 5.69 Å². The van der Waals surface area contributed by atoms with E-state index in [0.717, 1.165) is 27.6 Å². The van der Waals surface area contributed by atoms with Gasteiger partial charge in [-0.1, -0.05) is 0 Å². The molecule has 0 spiro atoms. The molecule has 102 valence electrons. The summed E-state index contributed by atoms with van der Waals surface area (Å²) in [6.07, 6.45) is 3.67. The van der Waals surface area contributed by atoms with Crippen LogP contribution in [0.15, 0.2) is 55.0 Å². The van der Waals surface area contributed by atoms with Crippen LogP contribution in [0.2, 0.25) is 0 Å². The van der Waals surface area contributed by atoms with Crippen LogP contribution in [0, 0.1) is 0 Å². The smallest absolute Gasteiger partial charge is 0.248 e. The Morgan fingerprint density at radius 1 is 1.14 bits per heavy atom. The number of primary amides is 1. The monoisotopic (exact) mass is 276 g/mol. The van der Waals surface area contributed by atoms with Crippen molar-refractivity contribution in [3.63, 3.8) is 0 Å². The molecule has 2 aromatic heterocycles. The molecule has 21 heavy (non-hydrogen) atoms. The van der Waals surface area contributed by atoms with E-state index in [1.165, 1.54) is 0 Å². The van der Waals surface area contributed by atoms with Crippen LogP contribution < -0.4 is 5.73 Å². The van der Waals surface area contributed by atoms with Gasteiger partial charge in [0.15, 0.2) is 0 Å². The van der Waals surface area contributed by atoms with Crippen LogP contribution in [0.3, 0.4) is 0 Å². The van der Waals surface area contributed by atoms with Crippen LogP contribution in [0.5, 0.6) is 0 Å². The first-order valence-electron chi connectivity index (χ1n) is 6.57. The number of amides is 1. The van der Waals surface area contributed by atoms with Crippen LogP contribution in [0.1, 0.15) is 10.4 Å². The van der Waals surface area contributed by atoms with E-state index in [4.69, 9.17) is 5.73 Å². The molecule has 0 radical (unpaired) electrons. The SMILES string of the molecule is NC(=O)c1ccc2c(c1)ncn2-c1ccc2[nH]ccc2c1. The number of hydrogen-bond acceptors (Lipinski definition) is 2. The molecule has 0 bridgehead atoms. The number of aromatic amines is 1. The first kappa shape index (κ1) is 11.7. The average Bonchev–Trinajstić information content (AvgIpc) is 3.12. The maximum Gasteiger partial charge on any atom is 0.248 e. The Kier molecular flexibility index (Phi) is 2.35. The number of nitrogens with two attached hydrogens (primary N) is 1. The van der Waals surface area contributed by atoms with Gasteiger partial charge in [0.05, 0.1) is 11.0 Å². The van der Waals surface area contributed by atoms with Crippen molar-refractivity contribution in [2.24, 2.45) is 5.73 Å². The minimum atomic E-state index is -0.444. The first-order chi connectivity index (χ1) is 10.2. The summed E-state index contributed by atoms with van der Waals surface area (Å²) >= 11 is 0. The Morgan fingerprint density at radius 2 is 2.05 bits per heavy atom. The number of hydrogen-bond donors (Lipinski definition) is 2. The Bertz CT molecular complexity index is 980. The molecule has 0 unspecified atom stereocenters. The van der Waals surface area contributed by atoms with Gasteiger partial charge in [0.2, 0.25) is 5.91 Å². The van der Waals surface area contributed by atoms with Crippen LogP contribution in [-0.2, 0) is 0 Å². The highest BCUT2D eigenvalue weighted by Crippen LogP contribution is 2.22. The topological polar surface area (TPSA) is 76.7 Å². The van der Waals surface area contributed by atoms with Crippen molar-refractivity contribution < 1.29 is 4.79 Å². The van der Waals surface area contributed by atoms with Crippen molar-refractivity contribution in [1.29, 1.82) is 0 Å². The minimum absolute atomic E-state index is 0.444. The van der Waals surface area contributed by atoms with Crippen LogP contribution in [0.25, 0.3) is 27.6 Å². The second kappa shape index (κ2) is 4.21. The summed E-state index contributed by atoms with van der Waals surface area (Å²) in [6.45, 7) is 0. The average molecular weight is 276 g/mol. The summed E-state index contributed by atoms with van der Waals surface area (Å²) < 4.78 is 1.99. The summed E-state index contributed by atoms with van der Waals surface area (Å²) in [5, 5.41) is 1.14. The molecule has 2 heterocycles. The van der Waals surface area contributed by atoms with Crippen molar-refractivity contribution in [2.75, 3.05) is 0 Å². The molecule has 5 nitrogen and oxygen atoms in total. The third-order valence-corrected chi connectivity index (χ3v) is 3.65. The molecule has 0 saturated heterocycles. The second-order valence-corrected chi connectivity index (χ2v) is 4.93. The van der Waals surface area contributed by atoms with E-state index >= 15 is 0 Å². The van der Waals surface area contributed by atoms with Gasteiger partial charge in [-0.2, -0.15) is 0 Å². The lowest BCUT2D eigenvalue weighted by Crippen LogP contribution is -2.10. The molecule has 1 amide bonds. The molecule has 2 aromatic carbocycles. The number of carbonyl (C=O) groups excluding carboxylic acids is 1. The quantitative estimate of drug-likeness (QED) is 0.590. The summed E-state index contributed by atoms with van der Waals surface area (Å²) in [7, 11) is 0. The maximum atomic E-state index is 11.2. The lowest BCUT2D eigenvalue weighted by Gasteiger charge is -2.05. The predicted octanol–water partition coefficient (Wildman–Crippen LogP) is 2.61. The van der Waals surface area contributed by atoms with Crippen molar-refractivity contribution in [2.45, 2.75) is 0 Å². The lowest BCUT2D eigenvalue weighted by molar-refractivity contribution is 0.100. The number of nitrogens with one attached hydrogen (secondary N) is 1. The third kappa shape index (κ3) is 1.79. The van der Waals surface area contributed by atoms with E-state index in [0.29, 0.717) is 5.56 Å². The normalized spacial score (nSPS) is 11.2. The molecular weight excluding hydrogens is 264 g/mol. The van der Waals surface area contributed by atoms with E-state index in [-0.39, 0.29) is 0 Å². The van der Waals surface area contributed by atoms with Gasteiger partial charge in [-0.05, 0) is 42.5 Å². The molecule has 0 aliphatic carbocycles. The number of imidazole rings is 1. The number of nitrogens with zero attached hydrogens (tertiary/aromatic N) is 2. The van der Waals surface area contributed by atoms with Gasteiger partial charge in [0.1, 0.15) is 6.33 Å². The lowest BCUT2D eigenvalue weighted by atomic mass is 10.2. The fraction of sp³-hybridized carbons (Fsp3) is 0. The van der Waals surface area contributed by atoms with Gasteiger partial charge in [-0.25, -0.2) is 4.98 Å². The van der Waals surface area contributed by atoms with E-state index < -0.39 is 5.91 Å². The van der Waals surface area contributed by atoms with Crippen molar-refractivity contribution >= 4 is 27.8 Å².